The molecule has 6 heteroatoms. The van der Waals surface area contributed by atoms with Gasteiger partial charge in [0.2, 0.25) is 5.91 Å². The van der Waals surface area contributed by atoms with Gasteiger partial charge in [0.1, 0.15) is 0 Å². The van der Waals surface area contributed by atoms with Crippen LogP contribution in [0.4, 0.5) is 5.69 Å². The maximum absolute atomic E-state index is 13.4. The van der Waals surface area contributed by atoms with E-state index in [4.69, 9.17) is 0 Å². The van der Waals surface area contributed by atoms with Crippen LogP contribution in [0.25, 0.3) is 0 Å². The number of amides is 2. The van der Waals surface area contributed by atoms with Crippen LogP contribution in [0, 0.1) is 0 Å². The minimum Gasteiger partial charge on any atom is -0.350 e. The fourth-order valence-corrected chi connectivity index (χ4v) is 6.25. The number of piperidine rings is 1. The van der Waals surface area contributed by atoms with Crippen molar-refractivity contribution in [2.75, 3.05) is 24.5 Å². The number of carbonyl (C=O) groups is 2. The summed E-state index contributed by atoms with van der Waals surface area (Å²) in [7, 11) is 0. The molecule has 30 heavy (non-hydrogen) atoms. The first kappa shape index (κ1) is 19.6. The Bertz CT molecular complexity index is 942. The standard InChI is InChI=1S/C24H27N3O2S/c28-22-10-14-24(27(22)20-8-4-5-9-21(20)30-24)23(29)25-19-12-16-26(17-13-19)15-11-18-6-2-1-3-7-18/h1-9,19H,10-17H2,(H,25,29). The van der Waals surface area contributed by atoms with Crippen molar-refractivity contribution in [1.82, 2.24) is 10.2 Å². The highest BCUT2D eigenvalue weighted by molar-refractivity contribution is 8.02. The molecule has 1 atom stereocenters. The van der Waals surface area contributed by atoms with Gasteiger partial charge in [-0.15, -0.1) is 0 Å². The van der Waals surface area contributed by atoms with Gasteiger partial charge < -0.3 is 10.2 Å². The second-order valence-corrected chi connectivity index (χ2v) is 9.73. The first-order valence-electron chi connectivity index (χ1n) is 10.8. The number of rotatable bonds is 5. The van der Waals surface area contributed by atoms with Gasteiger partial charge in [-0.1, -0.05) is 54.2 Å². The third-order valence-electron chi connectivity index (χ3n) is 6.51. The molecule has 2 aromatic rings. The van der Waals surface area contributed by atoms with Gasteiger partial charge in [-0.3, -0.25) is 14.5 Å². The molecule has 0 aliphatic carbocycles. The summed E-state index contributed by atoms with van der Waals surface area (Å²) in [6.45, 7) is 3.06. The Labute approximate surface area is 181 Å². The van der Waals surface area contributed by atoms with Crippen molar-refractivity contribution in [3.05, 3.63) is 60.2 Å². The van der Waals surface area contributed by atoms with Gasteiger partial charge in [0.05, 0.1) is 5.69 Å². The molecule has 2 aromatic carbocycles. The lowest BCUT2D eigenvalue weighted by Gasteiger charge is -2.35. The summed E-state index contributed by atoms with van der Waals surface area (Å²) in [6, 6.07) is 18.6. The largest absolute Gasteiger partial charge is 0.350 e. The third kappa shape index (κ3) is 3.52. The van der Waals surface area contributed by atoms with Crippen LogP contribution in [0.3, 0.4) is 0 Å². The molecule has 0 aromatic heterocycles. The average Bonchev–Trinajstić information content (AvgIpc) is 3.30. The molecule has 5 rings (SSSR count). The number of likely N-dealkylation sites (tertiary alicyclic amines) is 1. The first-order chi connectivity index (χ1) is 14.7. The molecule has 0 radical (unpaired) electrons. The van der Waals surface area contributed by atoms with E-state index >= 15 is 0 Å². The number of thioether (sulfide) groups is 1. The lowest BCUT2D eigenvalue weighted by molar-refractivity contribution is -0.125. The Balaban J connectivity index is 1.18. The monoisotopic (exact) mass is 421 g/mol. The van der Waals surface area contributed by atoms with E-state index in [-0.39, 0.29) is 17.9 Å². The summed E-state index contributed by atoms with van der Waals surface area (Å²) in [5.41, 5.74) is 2.26. The Morgan fingerprint density at radius 1 is 1.07 bits per heavy atom. The van der Waals surface area contributed by atoms with Gasteiger partial charge in [-0.05, 0) is 43.4 Å². The van der Waals surface area contributed by atoms with Crippen molar-refractivity contribution >= 4 is 29.3 Å². The number of anilines is 1. The van der Waals surface area contributed by atoms with Crippen molar-refractivity contribution in [2.45, 2.75) is 47.9 Å². The average molecular weight is 422 g/mol. The van der Waals surface area contributed by atoms with E-state index in [0.29, 0.717) is 12.8 Å². The fourth-order valence-electron chi connectivity index (χ4n) is 4.83. The second-order valence-electron chi connectivity index (χ2n) is 8.41. The molecule has 156 valence electrons. The molecule has 2 fully saturated rings. The Morgan fingerprint density at radius 3 is 2.60 bits per heavy atom. The van der Waals surface area contributed by atoms with E-state index in [1.165, 1.54) is 5.56 Å². The van der Waals surface area contributed by atoms with E-state index in [0.717, 1.165) is 49.5 Å². The van der Waals surface area contributed by atoms with Crippen LogP contribution in [-0.4, -0.2) is 47.3 Å². The number of hydrogen-bond acceptors (Lipinski definition) is 4. The van der Waals surface area contributed by atoms with Crippen LogP contribution in [0.15, 0.2) is 59.5 Å². The SMILES string of the molecule is O=C1CCC2(C(=O)NC3CCN(CCc4ccccc4)CC3)Sc3ccccc3N12. The first-order valence-corrected chi connectivity index (χ1v) is 11.7. The molecule has 0 spiro atoms. The van der Waals surface area contributed by atoms with Crippen molar-refractivity contribution in [3.8, 4) is 0 Å². The Morgan fingerprint density at radius 2 is 1.80 bits per heavy atom. The molecule has 3 heterocycles. The number of nitrogens with one attached hydrogen (secondary N) is 1. The van der Waals surface area contributed by atoms with Crippen molar-refractivity contribution in [1.29, 1.82) is 0 Å². The fraction of sp³-hybridized carbons (Fsp3) is 0.417. The van der Waals surface area contributed by atoms with E-state index in [1.807, 2.05) is 24.3 Å². The van der Waals surface area contributed by atoms with Gasteiger partial charge >= 0.3 is 0 Å². The van der Waals surface area contributed by atoms with Crippen molar-refractivity contribution < 1.29 is 9.59 Å². The molecule has 2 saturated heterocycles. The maximum atomic E-state index is 13.4. The Kier molecular flexibility index (Phi) is 5.29. The highest BCUT2D eigenvalue weighted by Crippen LogP contribution is 2.55. The van der Waals surface area contributed by atoms with Crippen LogP contribution >= 0.6 is 11.8 Å². The predicted molar refractivity (Wildman–Crippen MR) is 120 cm³/mol. The van der Waals surface area contributed by atoms with Crippen LogP contribution in [-0.2, 0) is 16.0 Å². The zero-order valence-corrected chi connectivity index (χ0v) is 17.9. The molecule has 1 unspecified atom stereocenters. The zero-order valence-electron chi connectivity index (χ0n) is 17.0. The number of benzene rings is 2. The Hall–Kier alpha value is -2.31. The quantitative estimate of drug-likeness (QED) is 0.804. The van der Waals surface area contributed by atoms with Crippen LogP contribution in [0.2, 0.25) is 0 Å². The molecule has 3 aliphatic rings. The summed E-state index contributed by atoms with van der Waals surface area (Å²) >= 11 is 1.54. The van der Waals surface area contributed by atoms with Crippen LogP contribution < -0.4 is 10.2 Å². The van der Waals surface area contributed by atoms with Gasteiger partial charge in [0.25, 0.3) is 5.91 Å². The summed E-state index contributed by atoms with van der Waals surface area (Å²) in [4.78, 5) is 30.4. The molecule has 1 N–H and O–H groups in total. The van der Waals surface area contributed by atoms with E-state index < -0.39 is 4.87 Å². The lowest BCUT2D eigenvalue weighted by Crippen LogP contribution is -2.56. The minimum atomic E-state index is -0.800. The second kappa shape index (κ2) is 8.08. The van der Waals surface area contributed by atoms with E-state index in [9.17, 15) is 9.59 Å². The van der Waals surface area contributed by atoms with Gasteiger partial charge in [-0.25, -0.2) is 0 Å². The van der Waals surface area contributed by atoms with Crippen molar-refractivity contribution in [2.24, 2.45) is 0 Å². The molecule has 2 amide bonds. The highest BCUT2D eigenvalue weighted by atomic mass is 32.2. The molecule has 0 saturated carbocycles. The number of fused-ring (bicyclic) bond motifs is 3. The maximum Gasteiger partial charge on any atom is 0.257 e. The van der Waals surface area contributed by atoms with Gasteiger partial charge in [0.15, 0.2) is 4.87 Å². The lowest BCUT2D eigenvalue weighted by atomic mass is 10.0. The number of hydrogen-bond donors (Lipinski definition) is 1. The smallest absolute Gasteiger partial charge is 0.257 e. The van der Waals surface area contributed by atoms with Crippen LogP contribution in [0.5, 0.6) is 0 Å². The third-order valence-corrected chi connectivity index (χ3v) is 7.99. The highest BCUT2D eigenvalue weighted by Gasteiger charge is 2.57. The number of carbonyl (C=O) groups excluding carboxylic acids is 2. The molecular weight excluding hydrogens is 394 g/mol. The van der Waals surface area contributed by atoms with E-state index in [1.54, 1.807) is 16.7 Å². The molecular formula is C24H27N3O2S. The molecule has 3 aliphatic heterocycles. The number of para-hydroxylation sites is 1. The summed E-state index contributed by atoms with van der Waals surface area (Å²) in [6.07, 6.45) is 4.00. The zero-order chi connectivity index (χ0) is 20.6. The topological polar surface area (TPSA) is 52.7 Å². The predicted octanol–water partition coefficient (Wildman–Crippen LogP) is 3.44. The number of nitrogens with zero attached hydrogens (tertiary/aromatic N) is 2. The molecule has 0 bridgehead atoms. The summed E-state index contributed by atoms with van der Waals surface area (Å²) in [5.74, 6) is 0.0515. The van der Waals surface area contributed by atoms with Gasteiger partial charge in [-0.2, -0.15) is 0 Å². The summed E-state index contributed by atoms with van der Waals surface area (Å²) < 4.78 is 0. The van der Waals surface area contributed by atoms with Crippen molar-refractivity contribution in [3.63, 3.8) is 0 Å². The minimum absolute atomic E-state index is 0.00251. The molecule has 5 nitrogen and oxygen atoms in total. The normalized spacial score (nSPS) is 24.0. The van der Waals surface area contributed by atoms with Crippen LogP contribution in [0.1, 0.15) is 31.2 Å². The van der Waals surface area contributed by atoms with E-state index in [2.05, 4.69) is 40.5 Å². The van der Waals surface area contributed by atoms with Gasteiger partial charge in [0, 0.05) is 37.0 Å². The summed E-state index contributed by atoms with van der Waals surface area (Å²) in [5, 5.41) is 3.29.